The van der Waals surface area contributed by atoms with Crippen LogP contribution < -0.4 is 10.7 Å². The number of carbonyl (C=O) groups excluding carboxylic acids is 1. The quantitative estimate of drug-likeness (QED) is 0.549. The number of carbonyl (C=O) groups is 1. The van der Waals surface area contributed by atoms with Crippen LogP contribution in [0.1, 0.15) is 5.56 Å². The summed E-state index contributed by atoms with van der Waals surface area (Å²) in [4.78, 5) is 15.3. The van der Waals surface area contributed by atoms with Gasteiger partial charge in [-0.05, 0) is 17.7 Å². The molecule has 1 rings (SSSR count). The molecular weight excluding hydrogens is 170 g/mol. The van der Waals surface area contributed by atoms with Crippen LogP contribution in [0.2, 0.25) is 0 Å². The van der Waals surface area contributed by atoms with Gasteiger partial charge in [0.1, 0.15) is 5.75 Å². The summed E-state index contributed by atoms with van der Waals surface area (Å²) in [6.07, 6.45) is 0.265. The molecule has 0 fully saturated rings. The van der Waals surface area contributed by atoms with Gasteiger partial charge < -0.3 is 9.57 Å². The lowest BCUT2D eigenvalue weighted by Gasteiger charge is -2.01. The molecule has 13 heavy (non-hydrogen) atoms. The SMILES string of the molecule is COC(=O)Cc1ccc(ON)cc1. The van der Waals surface area contributed by atoms with Crippen LogP contribution in [0.15, 0.2) is 24.3 Å². The summed E-state index contributed by atoms with van der Waals surface area (Å²) in [7, 11) is 1.36. The zero-order chi connectivity index (χ0) is 9.68. The van der Waals surface area contributed by atoms with Crippen molar-refractivity contribution in [2.75, 3.05) is 7.11 Å². The smallest absolute Gasteiger partial charge is 0.309 e. The minimum Gasteiger partial charge on any atom is -0.469 e. The van der Waals surface area contributed by atoms with Gasteiger partial charge >= 0.3 is 5.97 Å². The molecule has 0 unspecified atom stereocenters. The zero-order valence-corrected chi connectivity index (χ0v) is 7.32. The molecular formula is C9H11NO3. The van der Waals surface area contributed by atoms with Crippen molar-refractivity contribution >= 4 is 5.97 Å². The number of hydrogen-bond acceptors (Lipinski definition) is 4. The van der Waals surface area contributed by atoms with Crippen LogP contribution in [-0.4, -0.2) is 13.1 Å². The second-order valence-corrected chi connectivity index (χ2v) is 2.51. The summed E-state index contributed by atoms with van der Waals surface area (Å²) in [5.74, 6) is 5.24. The molecule has 0 saturated carbocycles. The first-order valence-corrected chi connectivity index (χ1v) is 3.78. The minimum absolute atomic E-state index is 0.263. The lowest BCUT2D eigenvalue weighted by molar-refractivity contribution is -0.139. The third kappa shape index (κ3) is 2.76. The monoisotopic (exact) mass is 181 g/mol. The average molecular weight is 181 g/mol. The van der Waals surface area contributed by atoms with Crippen LogP contribution in [0.25, 0.3) is 0 Å². The molecule has 70 valence electrons. The first kappa shape index (κ1) is 9.54. The second kappa shape index (κ2) is 4.47. The Morgan fingerprint density at radius 1 is 1.38 bits per heavy atom. The molecule has 1 aromatic rings. The van der Waals surface area contributed by atoms with E-state index in [1.165, 1.54) is 7.11 Å². The fourth-order valence-electron chi connectivity index (χ4n) is 0.925. The van der Waals surface area contributed by atoms with E-state index in [1.807, 2.05) is 0 Å². The highest BCUT2D eigenvalue weighted by molar-refractivity contribution is 5.72. The van der Waals surface area contributed by atoms with E-state index in [0.29, 0.717) is 5.75 Å². The fourth-order valence-corrected chi connectivity index (χ4v) is 0.925. The maximum Gasteiger partial charge on any atom is 0.309 e. The number of benzene rings is 1. The van der Waals surface area contributed by atoms with Gasteiger partial charge in [0.05, 0.1) is 13.5 Å². The van der Waals surface area contributed by atoms with Crippen molar-refractivity contribution in [1.29, 1.82) is 0 Å². The highest BCUT2D eigenvalue weighted by Crippen LogP contribution is 2.10. The lowest BCUT2D eigenvalue weighted by Crippen LogP contribution is -2.05. The fraction of sp³-hybridized carbons (Fsp3) is 0.222. The maximum atomic E-state index is 10.9. The zero-order valence-electron chi connectivity index (χ0n) is 7.32. The van der Waals surface area contributed by atoms with Crippen molar-refractivity contribution in [2.24, 2.45) is 5.90 Å². The topological polar surface area (TPSA) is 61.5 Å². The van der Waals surface area contributed by atoms with E-state index in [-0.39, 0.29) is 12.4 Å². The van der Waals surface area contributed by atoms with Crippen molar-refractivity contribution in [1.82, 2.24) is 0 Å². The van der Waals surface area contributed by atoms with Crippen molar-refractivity contribution in [2.45, 2.75) is 6.42 Å². The van der Waals surface area contributed by atoms with Crippen molar-refractivity contribution in [3.63, 3.8) is 0 Å². The number of esters is 1. The molecule has 4 heteroatoms. The summed E-state index contributed by atoms with van der Waals surface area (Å²) in [6.45, 7) is 0. The van der Waals surface area contributed by atoms with Crippen LogP contribution in [0, 0.1) is 0 Å². The number of methoxy groups -OCH3 is 1. The van der Waals surface area contributed by atoms with Gasteiger partial charge in [0.25, 0.3) is 0 Å². The van der Waals surface area contributed by atoms with E-state index in [9.17, 15) is 4.79 Å². The Kier molecular flexibility index (Phi) is 3.28. The minimum atomic E-state index is -0.263. The molecule has 0 bridgehead atoms. The number of rotatable bonds is 3. The van der Waals surface area contributed by atoms with Crippen LogP contribution in [0.4, 0.5) is 0 Å². The summed E-state index contributed by atoms with van der Waals surface area (Å²) >= 11 is 0. The molecule has 0 aliphatic heterocycles. The normalized spacial score (nSPS) is 9.38. The average Bonchev–Trinajstić information content (AvgIpc) is 2.19. The van der Waals surface area contributed by atoms with Gasteiger partial charge in [-0.2, -0.15) is 5.90 Å². The number of nitrogens with two attached hydrogens (primary N) is 1. The molecule has 0 atom stereocenters. The molecule has 2 N–H and O–H groups in total. The second-order valence-electron chi connectivity index (χ2n) is 2.51. The highest BCUT2D eigenvalue weighted by Gasteiger charge is 2.02. The molecule has 0 spiro atoms. The summed E-state index contributed by atoms with van der Waals surface area (Å²) in [5, 5.41) is 0. The van der Waals surface area contributed by atoms with E-state index < -0.39 is 0 Å². The van der Waals surface area contributed by atoms with Crippen LogP contribution in [0.3, 0.4) is 0 Å². The molecule has 0 aliphatic carbocycles. The molecule has 0 aromatic heterocycles. The van der Waals surface area contributed by atoms with Gasteiger partial charge in [0, 0.05) is 0 Å². The summed E-state index contributed by atoms with van der Waals surface area (Å²) < 4.78 is 4.52. The molecule has 0 saturated heterocycles. The maximum absolute atomic E-state index is 10.9. The molecule has 4 nitrogen and oxygen atoms in total. The highest BCUT2D eigenvalue weighted by atomic mass is 16.6. The van der Waals surface area contributed by atoms with Gasteiger partial charge in [0.15, 0.2) is 0 Å². The van der Waals surface area contributed by atoms with E-state index in [2.05, 4.69) is 9.57 Å². The van der Waals surface area contributed by atoms with E-state index in [4.69, 9.17) is 5.90 Å². The third-order valence-corrected chi connectivity index (χ3v) is 1.64. The first-order valence-electron chi connectivity index (χ1n) is 3.78. The number of hydrogen-bond donors (Lipinski definition) is 1. The Balaban J connectivity index is 2.64. The van der Waals surface area contributed by atoms with Crippen LogP contribution >= 0.6 is 0 Å². The predicted molar refractivity (Wildman–Crippen MR) is 47.0 cm³/mol. The van der Waals surface area contributed by atoms with Gasteiger partial charge in [0.2, 0.25) is 0 Å². The molecule has 1 aromatic carbocycles. The molecule has 0 heterocycles. The van der Waals surface area contributed by atoms with Crippen molar-refractivity contribution in [3.05, 3.63) is 29.8 Å². The van der Waals surface area contributed by atoms with Gasteiger partial charge in [-0.15, -0.1) is 0 Å². The van der Waals surface area contributed by atoms with E-state index >= 15 is 0 Å². The predicted octanol–water partition coefficient (Wildman–Crippen LogP) is 0.655. The Hall–Kier alpha value is -1.55. The van der Waals surface area contributed by atoms with E-state index in [1.54, 1.807) is 24.3 Å². The Morgan fingerprint density at radius 3 is 2.46 bits per heavy atom. The standard InChI is InChI=1S/C9H11NO3/c1-12-9(11)6-7-2-4-8(13-10)5-3-7/h2-5H,6,10H2,1H3. The summed E-state index contributed by atoms with van der Waals surface area (Å²) in [5.41, 5.74) is 0.868. The number of ether oxygens (including phenoxy) is 1. The molecule has 0 aliphatic rings. The van der Waals surface area contributed by atoms with Gasteiger partial charge in [-0.25, -0.2) is 0 Å². The van der Waals surface area contributed by atoms with Crippen LogP contribution in [0.5, 0.6) is 5.75 Å². The largest absolute Gasteiger partial charge is 0.469 e. The van der Waals surface area contributed by atoms with Crippen molar-refractivity contribution in [3.8, 4) is 5.75 Å². The Bertz CT molecular complexity index is 281. The van der Waals surface area contributed by atoms with Crippen molar-refractivity contribution < 1.29 is 14.4 Å². The van der Waals surface area contributed by atoms with Gasteiger partial charge in [-0.1, -0.05) is 12.1 Å². The Morgan fingerprint density at radius 2 is 2.00 bits per heavy atom. The Labute approximate surface area is 76.2 Å². The van der Waals surface area contributed by atoms with Gasteiger partial charge in [-0.3, -0.25) is 4.79 Å². The molecule has 0 radical (unpaired) electrons. The lowest BCUT2D eigenvalue weighted by atomic mass is 10.1. The summed E-state index contributed by atoms with van der Waals surface area (Å²) in [6, 6.07) is 6.91. The first-order chi connectivity index (χ1) is 6.26. The van der Waals surface area contributed by atoms with Crippen LogP contribution in [-0.2, 0) is 16.0 Å². The molecule has 0 amide bonds. The van der Waals surface area contributed by atoms with E-state index in [0.717, 1.165) is 5.56 Å². The third-order valence-electron chi connectivity index (χ3n) is 1.64.